The van der Waals surface area contributed by atoms with E-state index < -0.39 is 4.92 Å². The SMILES string of the molecule is CCC(CC)(CC)Nc1cccc(NN)c1[N+](=O)[O-]. The molecular formula is C13H22N4O2. The zero-order chi connectivity index (χ0) is 14.5. The fraction of sp³-hybridized carbons (Fsp3) is 0.538. The molecule has 0 aromatic heterocycles. The number of anilines is 2. The van der Waals surface area contributed by atoms with Crippen LogP contribution in [-0.4, -0.2) is 10.5 Å². The predicted octanol–water partition coefficient (Wildman–Crippen LogP) is 3.26. The number of para-hydroxylation sites is 1. The van der Waals surface area contributed by atoms with E-state index in [1.54, 1.807) is 18.2 Å². The summed E-state index contributed by atoms with van der Waals surface area (Å²) >= 11 is 0. The summed E-state index contributed by atoms with van der Waals surface area (Å²) in [4.78, 5) is 10.8. The number of hydrogen-bond acceptors (Lipinski definition) is 5. The zero-order valence-electron chi connectivity index (χ0n) is 11.7. The molecule has 0 unspecified atom stereocenters. The third-order valence-electron chi connectivity index (χ3n) is 3.80. The minimum atomic E-state index is -0.413. The molecule has 0 atom stereocenters. The van der Waals surface area contributed by atoms with Gasteiger partial charge in [0.2, 0.25) is 0 Å². The first-order chi connectivity index (χ1) is 9.03. The number of nitrogens with two attached hydrogens (primary N) is 1. The van der Waals surface area contributed by atoms with Crippen molar-refractivity contribution in [3.63, 3.8) is 0 Å². The van der Waals surface area contributed by atoms with Crippen LogP contribution in [0.3, 0.4) is 0 Å². The van der Waals surface area contributed by atoms with Crippen LogP contribution in [0.5, 0.6) is 0 Å². The average molecular weight is 266 g/mol. The first-order valence-corrected chi connectivity index (χ1v) is 6.55. The molecule has 0 fully saturated rings. The minimum Gasteiger partial charge on any atom is -0.374 e. The van der Waals surface area contributed by atoms with Crippen LogP contribution in [0.25, 0.3) is 0 Å². The number of nitrogens with one attached hydrogen (secondary N) is 2. The van der Waals surface area contributed by atoms with Gasteiger partial charge in [0.05, 0.1) is 4.92 Å². The molecule has 106 valence electrons. The third kappa shape index (κ3) is 3.14. The zero-order valence-corrected chi connectivity index (χ0v) is 11.7. The molecule has 6 heteroatoms. The van der Waals surface area contributed by atoms with Gasteiger partial charge in [-0.15, -0.1) is 0 Å². The molecule has 0 aliphatic rings. The van der Waals surface area contributed by atoms with E-state index in [4.69, 9.17) is 5.84 Å². The second-order valence-electron chi connectivity index (χ2n) is 4.57. The summed E-state index contributed by atoms with van der Waals surface area (Å²) in [7, 11) is 0. The van der Waals surface area contributed by atoms with Gasteiger partial charge >= 0.3 is 5.69 Å². The van der Waals surface area contributed by atoms with Crippen LogP contribution < -0.4 is 16.6 Å². The molecule has 0 spiro atoms. The van der Waals surface area contributed by atoms with Crippen molar-refractivity contribution in [3.8, 4) is 0 Å². The van der Waals surface area contributed by atoms with Crippen LogP contribution >= 0.6 is 0 Å². The van der Waals surface area contributed by atoms with Gasteiger partial charge in [-0.05, 0) is 31.4 Å². The molecule has 0 aliphatic heterocycles. The van der Waals surface area contributed by atoms with Gasteiger partial charge in [-0.3, -0.25) is 16.0 Å². The average Bonchev–Trinajstić information content (AvgIpc) is 2.44. The highest BCUT2D eigenvalue weighted by Gasteiger charge is 2.28. The summed E-state index contributed by atoms with van der Waals surface area (Å²) in [5.41, 5.74) is 3.06. The smallest absolute Gasteiger partial charge is 0.316 e. The molecule has 0 saturated heterocycles. The predicted molar refractivity (Wildman–Crippen MR) is 78.1 cm³/mol. The molecule has 0 saturated carbocycles. The fourth-order valence-corrected chi connectivity index (χ4v) is 2.26. The highest BCUT2D eigenvalue weighted by Crippen LogP contribution is 2.36. The Bertz CT molecular complexity index is 436. The summed E-state index contributed by atoms with van der Waals surface area (Å²) in [5, 5.41) is 14.6. The Balaban J connectivity index is 3.23. The van der Waals surface area contributed by atoms with Crippen molar-refractivity contribution in [1.29, 1.82) is 0 Å². The molecule has 1 aromatic rings. The van der Waals surface area contributed by atoms with Crippen LogP contribution in [0.4, 0.5) is 17.1 Å². The fourth-order valence-electron chi connectivity index (χ4n) is 2.26. The highest BCUT2D eigenvalue weighted by atomic mass is 16.6. The Labute approximate surface area is 113 Å². The Morgan fingerprint density at radius 1 is 1.21 bits per heavy atom. The normalized spacial score (nSPS) is 11.2. The molecule has 0 heterocycles. The lowest BCUT2D eigenvalue weighted by molar-refractivity contribution is -0.383. The van der Waals surface area contributed by atoms with E-state index in [0.29, 0.717) is 11.4 Å². The lowest BCUT2D eigenvalue weighted by atomic mass is 9.89. The Kier molecular flexibility index (Phi) is 5.11. The van der Waals surface area contributed by atoms with Gasteiger partial charge < -0.3 is 10.7 Å². The lowest BCUT2D eigenvalue weighted by Crippen LogP contribution is -2.36. The summed E-state index contributed by atoms with van der Waals surface area (Å²) in [6.45, 7) is 6.24. The van der Waals surface area contributed by atoms with E-state index in [-0.39, 0.29) is 11.2 Å². The van der Waals surface area contributed by atoms with Crippen molar-refractivity contribution in [2.45, 2.75) is 45.6 Å². The molecule has 6 nitrogen and oxygen atoms in total. The molecule has 0 aliphatic carbocycles. The quantitative estimate of drug-likeness (QED) is 0.400. The van der Waals surface area contributed by atoms with Crippen molar-refractivity contribution >= 4 is 17.1 Å². The second-order valence-corrected chi connectivity index (χ2v) is 4.57. The van der Waals surface area contributed by atoms with E-state index in [1.807, 2.05) is 0 Å². The first-order valence-electron chi connectivity index (χ1n) is 6.55. The maximum atomic E-state index is 11.2. The van der Waals surface area contributed by atoms with Crippen LogP contribution in [0.2, 0.25) is 0 Å². The molecule has 1 rings (SSSR count). The minimum absolute atomic E-state index is 0.00951. The van der Waals surface area contributed by atoms with Gasteiger partial charge in [-0.25, -0.2) is 0 Å². The lowest BCUT2D eigenvalue weighted by Gasteiger charge is -2.32. The monoisotopic (exact) mass is 266 g/mol. The number of hydrazine groups is 1. The maximum Gasteiger partial charge on any atom is 0.316 e. The largest absolute Gasteiger partial charge is 0.374 e. The van der Waals surface area contributed by atoms with Crippen LogP contribution in [-0.2, 0) is 0 Å². The number of nitrogens with zero attached hydrogens (tertiary/aromatic N) is 1. The summed E-state index contributed by atoms with van der Waals surface area (Å²) in [5.74, 6) is 5.34. The number of nitro groups is 1. The van der Waals surface area contributed by atoms with Gasteiger partial charge in [-0.1, -0.05) is 26.8 Å². The topological polar surface area (TPSA) is 93.2 Å². The van der Waals surface area contributed by atoms with E-state index in [0.717, 1.165) is 19.3 Å². The molecule has 19 heavy (non-hydrogen) atoms. The Hall–Kier alpha value is -1.82. The Morgan fingerprint density at radius 2 is 1.74 bits per heavy atom. The highest BCUT2D eigenvalue weighted by molar-refractivity contribution is 5.76. The summed E-state index contributed by atoms with van der Waals surface area (Å²) < 4.78 is 0. The van der Waals surface area contributed by atoms with Crippen LogP contribution in [0, 0.1) is 10.1 Å². The van der Waals surface area contributed by atoms with Crippen molar-refractivity contribution < 1.29 is 4.92 Å². The van der Waals surface area contributed by atoms with Crippen molar-refractivity contribution in [2.24, 2.45) is 5.84 Å². The van der Waals surface area contributed by atoms with E-state index in [9.17, 15) is 10.1 Å². The third-order valence-corrected chi connectivity index (χ3v) is 3.80. The second kappa shape index (κ2) is 6.38. The number of nitro benzene ring substituents is 1. The van der Waals surface area contributed by atoms with Crippen molar-refractivity contribution in [2.75, 3.05) is 10.7 Å². The summed E-state index contributed by atoms with van der Waals surface area (Å²) in [6.07, 6.45) is 2.70. The van der Waals surface area contributed by atoms with Gasteiger partial charge in [0.1, 0.15) is 11.4 Å². The molecule has 4 N–H and O–H groups in total. The molecule has 0 amide bonds. The number of hydrogen-bond donors (Lipinski definition) is 3. The van der Waals surface area contributed by atoms with Gasteiger partial charge in [0.15, 0.2) is 0 Å². The van der Waals surface area contributed by atoms with Crippen LogP contribution in [0.1, 0.15) is 40.0 Å². The van der Waals surface area contributed by atoms with Gasteiger partial charge in [0.25, 0.3) is 0 Å². The Morgan fingerprint density at radius 3 is 2.16 bits per heavy atom. The van der Waals surface area contributed by atoms with E-state index in [2.05, 4.69) is 31.5 Å². The molecule has 0 bridgehead atoms. The number of benzene rings is 1. The number of nitrogen functional groups attached to an aromatic ring is 1. The molecule has 0 radical (unpaired) electrons. The summed E-state index contributed by atoms with van der Waals surface area (Å²) in [6, 6.07) is 5.06. The number of rotatable bonds is 7. The van der Waals surface area contributed by atoms with Gasteiger partial charge in [0, 0.05) is 5.54 Å². The van der Waals surface area contributed by atoms with E-state index in [1.165, 1.54) is 0 Å². The van der Waals surface area contributed by atoms with Crippen molar-refractivity contribution in [3.05, 3.63) is 28.3 Å². The molecular weight excluding hydrogens is 244 g/mol. The standard InChI is InChI=1S/C13H22N4O2/c1-4-13(5-2,6-3)15-10-8-7-9-11(16-14)12(10)17(18)19/h7-9,15-16H,4-6,14H2,1-3H3. The van der Waals surface area contributed by atoms with Crippen molar-refractivity contribution in [1.82, 2.24) is 0 Å². The van der Waals surface area contributed by atoms with E-state index >= 15 is 0 Å². The van der Waals surface area contributed by atoms with Crippen LogP contribution in [0.15, 0.2) is 18.2 Å². The van der Waals surface area contributed by atoms with Gasteiger partial charge in [-0.2, -0.15) is 0 Å². The maximum absolute atomic E-state index is 11.2. The molecule has 1 aromatic carbocycles. The first kappa shape index (κ1) is 15.2.